The van der Waals surface area contributed by atoms with E-state index in [1.807, 2.05) is 11.8 Å². The van der Waals surface area contributed by atoms with Gasteiger partial charge in [0.15, 0.2) is 0 Å². The van der Waals surface area contributed by atoms with Crippen LogP contribution >= 0.6 is 24.2 Å². The minimum atomic E-state index is 0. The summed E-state index contributed by atoms with van der Waals surface area (Å²) in [6.45, 7) is 4.40. The van der Waals surface area contributed by atoms with Crippen LogP contribution in [0.15, 0.2) is 29.2 Å². The number of benzene rings is 1. The lowest BCUT2D eigenvalue weighted by molar-refractivity contribution is 0.581. The molecule has 1 rings (SSSR count). The van der Waals surface area contributed by atoms with Crippen LogP contribution in [0.5, 0.6) is 0 Å². The van der Waals surface area contributed by atoms with Gasteiger partial charge in [0.1, 0.15) is 0 Å². The zero-order valence-corrected chi connectivity index (χ0v) is 12.4. The van der Waals surface area contributed by atoms with E-state index in [-0.39, 0.29) is 18.4 Å². The molecule has 0 aliphatic carbocycles. The molecule has 0 heterocycles. The summed E-state index contributed by atoms with van der Waals surface area (Å²) in [6, 6.07) is 8.93. The van der Waals surface area contributed by atoms with E-state index in [4.69, 9.17) is 5.73 Å². The fraction of sp³-hybridized carbons (Fsp3) is 0.571. The standard InChI is InChI=1S/C14H23NS.ClH/c1-3-5-6-7-14(15)12-8-10-13(11-9-12)16-4-2;/h8-11,14H,3-7,15H2,1-2H3;1H/t14-;/m0./s1. The van der Waals surface area contributed by atoms with Crippen molar-refractivity contribution in [2.75, 3.05) is 5.75 Å². The molecule has 0 radical (unpaired) electrons. The van der Waals surface area contributed by atoms with Crippen LogP contribution in [0.1, 0.15) is 51.1 Å². The average Bonchev–Trinajstić information content (AvgIpc) is 2.30. The van der Waals surface area contributed by atoms with E-state index in [2.05, 4.69) is 38.1 Å². The van der Waals surface area contributed by atoms with Crippen LogP contribution in [-0.2, 0) is 0 Å². The van der Waals surface area contributed by atoms with Crippen LogP contribution in [-0.4, -0.2) is 5.75 Å². The highest BCUT2D eigenvalue weighted by Gasteiger charge is 2.05. The van der Waals surface area contributed by atoms with Crippen molar-refractivity contribution in [2.45, 2.75) is 50.5 Å². The molecule has 0 saturated heterocycles. The van der Waals surface area contributed by atoms with Crippen LogP contribution < -0.4 is 5.73 Å². The fourth-order valence-corrected chi connectivity index (χ4v) is 2.42. The predicted octanol–water partition coefficient (Wildman–Crippen LogP) is 4.80. The van der Waals surface area contributed by atoms with E-state index >= 15 is 0 Å². The number of unbranched alkanes of at least 4 members (excludes halogenated alkanes) is 2. The molecule has 0 amide bonds. The quantitative estimate of drug-likeness (QED) is 0.570. The first kappa shape index (κ1) is 16.8. The minimum Gasteiger partial charge on any atom is -0.324 e. The lowest BCUT2D eigenvalue weighted by atomic mass is 10.0. The molecule has 1 aromatic carbocycles. The maximum absolute atomic E-state index is 6.15. The molecule has 0 unspecified atom stereocenters. The molecule has 0 spiro atoms. The van der Waals surface area contributed by atoms with Gasteiger partial charge >= 0.3 is 0 Å². The van der Waals surface area contributed by atoms with Crippen LogP contribution in [0.2, 0.25) is 0 Å². The highest BCUT2D eigenvalue weighted by molar-refractivity contribution is 7.99. The smallest absolute Gasteiger partial charge is 0.0294 e. The molecular formula is C14H24ClNS. The van der Waals surface area contributed by atoms with Gasteiger partial charge in [0.2, 0.25) is 0 Å². The second-order valence-electron chi connectivity index (χ2n) is 4.10. The number of hydrogen-bond donors (Lipinski definition) is 1. The van der Waals surface area contributed by atoms with Crippen molar-refractivity contribution in [1.82, 2.24) is 0 Å². The van der Waals surface area contributed by atoms with Crippen LogP contribution in [0.25, 0.3) is 0 Å². The minimum absolute atomic E-state index is 0. The molecule has 2 N–H and O–H groups in total. The Labute approximate surface area is 116 Å². The van der Waals surface area contributed by atoms with Gasteiger partial charge in [-0.3, -0.25) is 0 Å². The average molecular weight is 274 g/mol. The first-order valence-electron chi connectivity index (χ1n) is 6.26. The van der Waals surface area contributed by atoms with Gasteiger partial charge in [0, 0.05) is 10.9 Å². The predicted molar refractivity (Wildman–Crippen MR) is 81.2 cm³/mol. The molecule has 1 nitrogen and oxygen atoms in total. The van der Waals surface area contributed by atoms with E-state index in [0.29, 0.717) is 0 Å². The van der Waals surface area contributed by atoms with E-state index in [1.54, 1.807) is 0 Å². The van der Waals surface area contributed by atoms with E-state index in [0.717, 1.165) is 12.2 Å². The fourth-order valence-electron chi connectivity index (χ4n) is 1.76. The highest BCUT2D eigenvalue weighted by atomic mass is 35.5. The summed E-state index contributed by atoms with van der Waals surface area (Å²) in [5.74, 6) is 1.13. The molecule has 17 heavy (non-hydrogen) atoms. The van der Waals surface area contributed by atoms with Crippen molar-refractivity contribution in [3.05, 3.63) is 29.8 Å². The summed E-state index contributed by atoms with van der Waals surface area (Å²) in [7, 11) is 0. The SMILES string of the molecule is CCCCC[C@H](N)c1ccc(SCC)cc1.Cl. The van der Waals surface area contributed by atoms with Gasteiger partial charge < -0.3 is 5.73 Å². The summed E-state index contributed by atoms with van der Waals surface area (Å²) < 4.78 is 0. The Morgan fingerprint density at radius 3 is 2.29 bits per heavy atom. The summed E-state index contributed by atoms with van der Waals surface area (Å²) in [6.07, 6.45) is 4.90. The molecule has 0 saturated carbocycles. The molecule has 98 valence electrons. The number of hydrogen-bond acceptors (Lipinski definition) is 2. The van der Waals surface area contributed by atoms with Gasteiger partial charge in [-0.25, -0.2) is 0 Å². The number of thioether (sulfide) groups is 1. The normalized spacial score (nSPS) is 11.9. The van der Waals surface area contributed by atoms with E-state index < -0.39 is 0 Å². The van der Waals surface area contributed by atoms with Gasteiger partial charge in [-0.1, -0.05) is 45.2 Å². The summed E-state index contributed by atoms with van der Waals surface area (Å²) in [5, 5.41) is 0. The molecule has 0 fully saturated rings. The monoisotopic (exact) mass is 273 g/mol. The molecule has 1 aromatic rings. The third kappa shape index (κ3) is 6.35. The van der Waals surface area contributed by atoms with Crippen LogP contribution in [0.4, 0.5) is 0 Å². The Balaban J connectivity index is 0.00000256. The van der Waals surface area contributed by atoms with Gasteiger partial charge in [0.05, 0.1) is 0 Å². The van der Waals surface area contributed by atoms with Gasteiger partial charge in [-0.15, -0.1) is 24.2 Å². The summed E-state index contributed by atoms with van der Waals surface area (Å²) in [5.41, 5.74) is 7.43. The molecule has 0 bridgehead atoms. The Kier molecular flexibility index (Phi) is 9.71. The molecular weight excluding hydrogens is 250 g/mol. The third-order valence-electron chi connectivity index (χ3n) is 2.74. The zero-order chi connectivity index (χ0) is 11.8. The molecule has 0 aromatic heterocycles. The molecule has 1 atom stereocenters. The van der Waals surface area contributed by atoms with Crippen molar-refractivity contribution >= 4 is 24.2 Å². The topological polar surface area (TPSA) is 26.0 Å². The molecule has 0 aliphatic heterocycles. The maximum atomic E-state index is 6.15. The molecule has 0 aliphatic rings. The number of nitrogens with two attached hydrogens (primary N) is 1. The number of rotatable bonds is 7. The van der Waals surface area contributed by atoms with Crippen molar-refractivity contribution in [3.63, 3.8) is 0 Å². The van der Waals surface area contributed by atoms with E-state index in [9.17, 15) is 0 Å². The van der Waals surface area contributed by atoms with Gasteiger partial charge in [-0.05, 0) is 29.9 Å². The first-order valence-corrected chi connectivity index (χ1v) is 7.24. The highest BCUT2D eigenvalue weighted by Crippen LogP contribution is 2.22. The Bertz CT molecular complexity index is 287. The Hall–Kier alpha value is -0.180. The van der Waals surface area contributed by atoms with Crippen LogP contribution in [0, 0.1) is 0 Å². The third-order valence-corrected chi connectivity index (χ3v) is 3.63. The van der Waals surface area contributed by atoms with Gasteiger partial charge in [-0.2, -0.15) is 0 Å². The van der Waals surface area contributed by atoms with Crippen molar-refractivity contribution in [2.24, 2.45) is 5.73 Å². The Morgan fingerprint density at radius 2 is 1.76 bits per heavy atom. The Morgan fingerprint density at radius 1 is 1.12 bits per heavy atom. The van der Waals surface area contributed by atoms with Crippen LogP contribution in [0.3, 0.4) is 0 Å². The largest absolute Gasteiger partial charge is 0.324 e. The summed E-state index contributed by atoms with van der Waals surface area (Å²) in [4.78, 5) is 1.34. The molecule has 3 heteroatoms. The first-order chi connectivity index (χ1) is 7.77. The second-order valence-corrected chi connectivity index (χ2v) is 5.44. The van der Waals surface area contributed by atoms with Crippen molar-refractivity contribution < 1.29 is 0 Å². The second kappa shape index (κ2) is 9.81. The van der Waals surface area contributed by atoms with Gasteiger partial charge in [0.25, 0.3) is 0 Å². The summed E-state index contributed by atoms with van der Waals surface area (Å²) >= 11 is 1.88. The maximum Gasteiger partial charge on any atom is 0.0294 e. The van der Waals surface area contributed by atoms with E-state index in [1.165, 1.54) is 29.7 Å². The zero-order valence-electron chi connectivity index (χ0n) is 10.8. The lowest BCUT2D eigenvalue weighted by Gasteiger charge is -2.12. The lowest BCUT2D eigenvalue weighted by Crippen LogP contribution is -2.09. The van der Waals surface area contributed by atoms with Crippen molar-refractivity contribution in [3.8, 4) is 0 Å². The van der Waals surface area contributed by atoms with Crippen molar-refractivity contribution in [1.29, 1.82) is 0 Å². The number of halogens is 1.